The van der Waals surface area contributed by atoms with Crippen LogP contribution in [0.5, 0.6) is 23.0 Å². The van der Waals surface area contributed by atoms with Gasteiger partial charge in [-0.3, -0.25) is 14.4 Å². The molecular formula is C26H27NO8S. The Bertz CT molecular complexity index is 1190. The highest BCUT2D eigenvalue weighted by molar-refractivity contribution is 7.78. The summed E-state index contributed by atoms with van der Waals surface area (Å²) in [5.41, 5.74) is 1.26. The van der Waals surface area contributed by atoms with E-state index in [4.69, 9.17) is 14.2 Å². The Kier molecular flexibility index (Phi) is 11.1. The zero-order valence-corrected chi connectivity index (χ0v) is 20.7. The van der Waals surface area contributed by atoms with E-state index in [0.717, 1.165) is 6.08 Å². The number of allylic oxidation sites excluding steroid dienone is 3. The number of thiol groups is 1. The smallest absolute Gasteiger partial charge is 0.311 e. The number of esters is 1. The van der Waals surface area contributed by atoms with Crippen molar-refractivity contribution in [3.63, 3.8) is 0 Å². The number of ketones is 1. The van der Waals surface area contributed by atoms with Crippen molar-refractivity contribution in [3.05, 3.63) is 71.5 Å². The zero-order valence-electron chi connectivity index (χ0n) is 19.8. The highest BCUT2D eigenvalue weighted by Crippen LogP contribution is 2.29. The zero-order chi connectivity index (χ0) is 26.5. The van der Waals surface area contributed by atoms with Crippen LogP contribution in [0.25, 0.3) is 12.2 Å². The van der Waals surface area contributed by atoms with Crippen molar-refractivity contribution in [2.24, 2.45) is 0 Å². The lowest BCUT2D eigenvalue weighted by atomic mass is 10.1. The summed E-state index contributed by atoms with van der Waals surface area (Å²) in [6.07, 6.45) is 7.25. The van der Waals surface area contributed by atoms with Crippen LogP contribution in [-0.2, 0) is 14.4 Å². The maximum absolute atomic E-state index is 12.2. The lowest BCUT2D eigenvalue weighted by Gasteiger charge is -2.10. The number of hydrogen-bond donors (Lipinski definition) is 4. The molecule has 0 bridgehead atoms. The molecule has 0 aliphatic carbocycles. The maximum atomic E-state index is 12.2. The molecule has 0 aliphatic heterocycles. The van der Waals surface area contributed by atoms with Crippen molar-refractivity contribution in [2.45, 2.75) is 19.3 Å². The number of carbonyl (C=O) groups excluding carboxylic acids is 3. The van der Waals surface area contributed by atoms with E-state index in [-0.39, 0.29) is 47.5 Å². The highest BCUT2D eigenvalue weighted by Gasteiger charge is 2.11. The van der Waals surface area contributed by atoms with Crippen LogP contribution in [0.3, 0.4) is 0 Å². The predicted octanol–water partition coefficient (Wildman–Crippen LogP) is 4.18. The monoisotopic (exact) mass is 513 g/mol. The van der Waals surface area contributed by atoms with E-state index in [0.29, 0.717) is 17.5 Å². The summed E-state index contributed by atoms with van der Waals surface area (Å²) in [6.45, 7) is 0. The van der Waals surface area contributed by atoms with Crippen LogP contribution in [0.2, 0.25) is 0 Å². The Morgan fingerprint density at radius 1 is 0.917 bits per heavy atom. The molecule has 9 nitrogen and oxygen atoms in total. The fourth-order valence-electron chi connectivity index (χ4n) is 2.89. The molecule has 0 saturated carbocycles. The Hall–Kier alpha value is -4.18. The van der Waals surface area contributed by atoms with Crippen molar-refractivity contribution in [1.82, 2.24) is 4.72 Å². The SMILES string of the molecule is COc1cc(/C=C/C(O)=C/C(=O)/C=C/c2ccc(OC(=O)CCCC(=O)NS)c(OC)c2)ccc1O. The number of aliphatic hydroxyl groups is 1. The van der Waals surface area contributed by atoms with Gasteiger partial charge in [0.25, 0.3) is 0 Å². The third kappa shape index (κ3) is 9.22. The van der Waals surface area contributed by atoms with Crippen molar-refractivity contribution >= 4 is 42.6 Å². The van der Waals surface area contributed by atoms with E-state index in [9.17, 15) is 24.6 Å². The minimum absolute atomic E-state index is 0.00655. The van der Waals surface area contributed by atoms with Gasteiger partial charge in [0.2, 0.25) is 5.91 Å². The largest absolute Gasteiger partial charge is 0.508 e. The number of amides is 1. The number of ether oxygens (including phenoxy) is 3. The molecule has 2 rings (SSSR count). The Morgan fingerprint density at radius 3 is 2.22 bits per heavy atom. The number of aliphatic hydroxyl groups excluding tert-OH is 1. The number of nitrogens with one attached hydrogen (secondary N) is 1. The Labute approximate surface area is 214 Å². The van der Waals surface area contributed by atoms with Crippen LogP contribution in [-0.4, -0.2) is 42.1 Å². The second kappa shape index (κ2) is 14.3. The van der Waals surface area contributed by atoms with Gasteiger partial charge in [0.1, 0.15) is 5.76 Å². The third-order valence-electron chi connectivity index (χ3n) is 4.70. The van der Waals surface area contributed by atoms with Crippen LogP contribution < -0.4 is 18.9 Å². The van der Waals surface area contributed by atoms with Crippen LogP contribution >= 0.6 is 12.8 Å². The number of phenols is 1. The number of phenolic OH excluding ortho intramolecular Hbond substituents is 1. The van der Waals surface area contributed by atoms with Gasteiger partial charge in [0.05, 0.1) is 14.2 Å². The number of benzene rings is 2. The fourth-order valence-corrected chi connectivity index (χ4v) is 3.01. The minimum Gasteiger partial charge on any atom is -0.508 e. The van der Waals surface area contributed by atoms with Crippen molar-refractivity contribution in [2.75, 3.05) is 14.2 Å². The molecule has 3 N–H and O–H groups in total. The van der Waals surface area contributed by atoms with Crippen molar-refractivity contribution in [1.29, 1.82) is 0 Å². The molecule has 0 aliphatic rings. The van der Waals surface area contributed by atoms with Gasteiger partial charge in [-0.2, -0.15) is 0 Å². The summed E-state index contributed by atoms with van der Waals surface area (Å²) in [5.74, 6) is -0.745. The molecule has 0 aromatic heterocycles. The first-order valence-corrected chi connectivity index (χ1v) is 11.2. The first-order valence-electron chi connectivity index (χ1n) is 10.7. The number of hydrogen-bond acceptors (Lipinski definition) is 9. The first-order chi connectivity index (χ1) is 17.2. The molecule has 10 heteroatoms. The van der Waals surface area contributed by atoms with Gasteiger partial charge in [-0.1, -0.05) is 37.1 Å². The van der Waals surface area contributed by atoms with Crippen molar-refractivity contribution in [3.8, 4) is 23.0 Å². The third-order valence-corrected chi connectivity index (χ3v) is 4.95. The van der Waals surface area contributed by atoms with Crippen LogP contribution in [0.4, 0.5) is 0 Å². The van der Waals surface area contributed by atoms with Gasteiger partial charge in [-0.25, -0.2) is 0 Å². The van der Waals surface area contributed by atoms with Gasteiger partial charge in [0.15, 0.2) is 28.8 Å². The average Bonchev–Trinajstić information content (AvgIpc) is 2.87. The molecule has 2 aromatic rings. The quantitative estimate of drug-likeness (QED) is 0.0830. The molecule has 0 fully saturated rings. The second-order valence-corrected chi connectivity index (χ2v) is 7.57. The number of methoxy groups -OCH3 is 2. The fraction of sp³-hybridized carbons (Fsp3) is 0.192. The van der Waals surface area contributed by atoms with E-state index in [2.05, 4.69) is 17.5 Å². The minimum atomic E-state index is -0.516. The summed E-state index contributed by atoms with van der Waals surface area (Å²) in [5, 5.41) is 19.6. The van der Waals surface area contributed by atoms with Gasteiger partial charge >= 0.3 is 5.97 Å². The second-order valence-electron chi connectivity index (χ2n) is 7.34. The lowest BCUT2D eigenvalue weighted by Crippen LogP contribution is -2.14. The number of rotatable bonds is 12. The predicted molar refractivity (Wildman–Crippen MR) is 138 cm³/mol. The molecular weight excluding hydrogens is 486 g/mol. The van der Waals surface area contributed by atoms with E-state index in [1.807, 2.05) is 0 Å². The lowest BCUT2D eigenvalue weighted by molar-refractivity contribution is -0.134. The molecule has 0 unspecified atom stereocenters. The summed E-state index contributed by atoms with van der Waals surface area (Å²) in [6, 6.07) is 9.41. The molecule has 0 saturated heterocycles. The molecule has 36 heavy (non-hydrogen) atoms. The molecule has 1 amide bonds. The summed E-state index contributed by atoms with van der Waals surface area (Å²) >= 11 is 3.65. The highest BCUT2D eigenvalue weighted by atomic mass is 32.1. The molecule has 0 heterocycles. The Balaban J connectivity index is 1.98. The standard InChI is InChI=1S/C26H27NO8S/c1-33-23-14-17(8-12-21(23)30)6-10-19(28)16-20(29)11-7-18-9-13-22(24(15-18)34-2)35-26(32)5-3-4-25(31)27-36/h6-16,28,30,36H,3-5H2,1-2H3,(H,27,31)/b10-6+,11-7+,19-16-. The normalized spacial score (nSPS) is 11.5. The molecule has 0 spiro atoms. The van der Waals surface area contributed by atoms with Gasteiger partial charge < -0.3 is 29.1 Å². The summed E-state index contributed by atoms with van der Waals surface area (Å²) in [4.78, 5) is 35.3. The molecule has 190 valence electrons. The molecule has 2 aromatic carbocycles. The van der Waals surface area contributed by atoms with E-state index in [1.54, 1.807) is 30.3 Å². The van der Waals surface area contributed by atoms with Crippen LogP contribution in [0.15, 0.2) is 60.4 Å². The van der Waals surface area contributed by atoms with Crippen LogP contribution in [0, 0.1) is 0 Å². The topological polar surface area (TPSA) is 131 Å². The maximum Gasteiger partial charge on any atom is 0.311 e. The van der Waals surface area contributed by atoms with E-state index >= 15 is 0 Å². The molecule has 0 atom stereocenters. The summed E-state index contributed by atoms with van der Waals surface area (Å²) in [7, 11) is 2.84. The summed E-state index contributed by atoms with van der Waals surface area (Å²) < 4.78 is 17.8. The van der Waals surface area contributed by atoms with E-state index in [1.165, 1.54) is 44.6 Å². The van der Waals surface area contributed by atoms with Crippen molar-refractivity contribution < 1.29 is 38.8 Å². The van der Waals surface area contributed by atoms with Gasteiger partial charge in [-0.15, -0.1) is 0 Å². The van der Waals surface area contributed by atoms with Crippen LogP contribution in [0.1, 0.15) is 30.4 Å². The molecule has 0 radical (unpaired) electrons. The Morgan fingerprint density at radius 2 is 1.56 bits per heavy atom. The first kappa shape index (κ1) is 28.1. The van der Waals surface area contributed by atoms with Gasteiger partial charge in [-0.05, 0) is 54.0 Å². The number of aromatic hydroxyl groups is 1. The average molecular weight is 514 g/mol. The van der Waals surface area contributed by atoms with Gasteiger partial charge in [0, 0.05) is 18.9 Å². The number of carbonyl (C=O) groups is 3. The van der Waals surface area contributed by atoms with E-state index < -0.39 is 11.8 Å².